The van der Waals surface area contributed by atoms with E-state index in [1.54, 1.807) is 0 Å². The molecule has 1 N–H and O–H groups in total. The number of fused-ring (bicyclic) bond motifs is 1. The summed E-state index contributed by atoms with van der Waals surface area (Å²) < 4.78 is 7.57. The number of anilines is 1. The maximum Gasteiger partial charge on any atom is 0.412 e. The maximum atomic E-state index is 12.4. The van der Waals surface area contributed by atoms with E-state index in [4.69, 9.17) is 4.74 Å². The lowest BCUT2D eigenvalue weighted by Crippen LogP contribution is -2.13. The molecule has 1 amide bonds. The van der Waals surface area contributed by atoms with E-state index < -0.39 is 6.09 Å². The standard InChI is InChI=1S/C24H26N4O2S/c1-5-10-28-14-25-20-12-18(7-9-21(20)28)13-30-24(29)27-22-17(4)26-23(31-22)19-8-6-15(2)11-16(19)3/h6-9,11-12,14H,5,10,13H2,1-4H3,(H,27,29). The molecule has 0 saturated carbocycles. The molecule has 4 aromatic rings. The molecule has 0 aliphatic carbocycles. The lowest BCUT2D eigenvalue weighted by atomic mass is 10.1. The first-order valence-electron chi connectivity index (χ1n) is 10.4. The molecule has 0 unspecified atom stereocenters. The van der Waals surface area contributed by atoms with E-state index in [2.05, 4.69) is 58.8 Å². The van der Waals surface area contributed by atoms with E-state index in [-0.39, 0.29) is 6.61 Å². The van der Waals surface area contributed by atoms with Crippen LogP contribution >= 0.6 is 11.3 Å². The fraction of sp³-hybridized carbons (Fsp3) is 0.292. The zero-order valence-electron chi connectivity index (χ0n) is 18.2. The van der Waals surface area contributed by atoms with Crippen LogP contribution in [-0.2, 0) is 17.9 Å². The number of hydrogen-bond donors (Lipinski definition) is 1. The molecule has 0 saturated heterocycles. The van der Waals surface area contributed by atoms with Gasteiger partial charge < -0.3 is 9.30 Å². The summed E-state index contributed by atoms with van der Waals surface area (Å²) in [5.74, 6) is 0. The Morgan fingerprint density at radius 3 is 2.77 bits per heavy atom. The first kappa shape index (κ1) is 21.1. The normalized spacial score (nSPS) is 11.1. The van der Waals surface area contributed by atoms with E-state index in [1.807, 2.05) is 31.5 Å². The van der Waals surface area contributed by atoms with Gasteiger partial charge in [-0.25, -0.2) is 14.8 Å². The molecule has 7 heteroatoms. The molecular formula is C24H26N4O2S. The van der Waals surface area contributed by atoms with Crippen molar-refractivity contribution in [2.45, 2.75) is 47.3 Å². The van der Waals surface area contributed by atoms with Gasteiger partial charge >= 0.3 is 6.09 Å². The lowest BCUT2D eigenvalue weighted by Gasteiger charge is -2.07. The van der Waals surface area contributed by atoms with Gasteiger partial charge in [0.25, 0.3) is 0 Å². The van der Waals surface area contributed by atoms with E-state index in [1.165, 1.54) is 22.5 Å². The number of aromatic nitrogens is 3. The number of hydrogen-bond acceptors (Lipinski definition) is 5. The third-order valence-corrected chi connectivity index (χ3v) is 6.25. The number of nitrogens with one attached hydrogen (secondary N) is 1. The molecule has 0 fully saturated rings. The van der Waals surface area contributed by atoms with Gasteiger partial charge in [-0.1, -0.05) is 48.1 Å². The molecule has 4 rings (SSSR count). The molecule has 160 valence electrons. The molecule has 0 aliphatic heterocycles. The Morgan fingerprint density at radius 1 is 1.16 bits per heavy atom. The monoisotopic (exact) mass is 434 g/mol. The van der Waals surface area contributed by atoms with Crippen LogP contribution in [0.15, 0.2) is 42.7 Å². The molecule has 2 aromatic heterocycles. The van der Waals surface area contributed by atoms with Gasteiger partial charge in [0.05, 0.1) is 23.1 Å². The fourth-order valence-corrected chi connectivity index (χ4v) is 4.62. The van der Waals surface area contributed by atoms with Crippen LogP contribution in [0.25, 0.3) is 21.6 Å². The van der Waals surface area contributed by atoms with Gasteiger partial charge in [-0.05, 0) is 50.5 Å². The number of ether oxygens (including phenoxy) is 1. The van der Waals surface area contributed by atoms with Crippen LogP contribution in [0.2, 0.25) is 0 Å². The van der Waals surface area contributed by atoms with Crippen molar-refractivity contribution in [2.24, 2.45) is 0 Å². The van der Waals surface area contributed by atoms with Crippen molar-refractivity contribution in [3.05, 3.63) is 65.1 Å². The van der Waals surface area contributed by atoms with Crippen molar-refractivity contribution in [2.75, 3.05) is 5.32 Å². The van der Waals surface area contributed by atoms with Gasteiger partial charge in [0.2, 0.25) is 0 Å². The Balaban J connectivity index is 1.41. The minimum absolute atomic E-state index is 0.185. The zero-order chi connectivity index (χ0) is 22.0. The number of amides is 1. The predicted octanol–water partition coefficient (Wildman–Crippen LogP) is 6.24. The third-order valence-electron chi connectivity index (χ3n) is 5.14. The first-order chi connectivity index (χ1) is 14.9. The van der Waals surface area contributed by atoms with E-state index in [0.29, 0.717) is 5.00 Å². The number of benzene rings is 2. The molecular weight excluding hydrogens is 408 g/mol. The van der Waals surface area contributed by atoms with Crippen LogP contribution in [0.1, 0.15) is 35.7 Å². The van der Waals surface area contributed by atoms with Gasteiger partial charge in [-0.3, -0.25) is 5.32 Å². The van der Waals surface area contributed by atoms with Gasteiger partial charge in [0.1, 0.15) is 16.6 Å². The van der Waals surface area contributed by atoms with Crippen LogP contribution in [-0.4, -0.2) is 20.6 Å². The summed E-state index contributed by atoms with van der Waals surface area (Å²) >= 11 is 1.46. The summed E-state index contributed by atoms with van der Waals surface area (Å²) in [6.07, 6.45) is 2.42. The van der Waals surface area contributed by atoms with Crippen molar-refractivity contribution < 1.29 is 9.53 Å². The SMILES string of the molecule is CCCn1cnc2cc(COC(=O)Nc3sc(-c4ccc(C)cc4C)nc3C)ccc21. The van der Waals surface area contributed by atoms with Crippen molar-refractivity contribution in [1.82, 2.24) is 14.5 Å². The summed E-state index contributed by atoms with van der Waals surface area (Å²) in [7, 11) is 0. The second-order valence-electron chi connectivity index (χ2n) is 7.71. The van der Waals surface area contributed by atoms with Gasteiger partial charge in [0, 0.05) is 12.1 Å². The molecule has 0 atom stereocenters. The number of carbonyl (C=O) groups is 1. The van der Waals surface area contributed by atoms with Crippen LogP contribution in [0, 0.1) is 20.8 Å². The predicted molar refractivity (Wildman–Crippen MR) is 126 cm³/mol. The summed E-state index contributed by atoms with van der Waals surface area (Å²) in [4.78, 5) is 21.5. The summed E-state index contributed by atoms with van der Waals surface area (Å²) in [6.45, 7) is 9.29. The Morgan fingerprint density at radius 2 is 2.00 bits per heavy atom. The number of aryl methyl sites for hydroxylation is 4. The Hall–Kier alpha value is -3.19. The number of imidazole rings is 1. The largest absolute Gasteiger partial charge is 0.444 e. The number of carbonyl (C=O) groups excluding carboxylic acids is 1. The average molecular weight is 435 g/mol. The van der Waals surface area contributed by atoms with Crippen LogP contribution < -0.4 is 5.32 Å². The Kier molecular flexibility index (Phi) is 6.04. The van der Waals surface area contributed by atoms with Crippen LogP contribution in [0.4, 0.5) is 9.80 Å². The van der Waals surface area contributed by atoms with E-state index >= 15 is 0 Å². The van der Waals surface area contributed by atoms with E-state index in [9.17, 15) is 4.79 Å². The fourth-order valence-electron chi connectivity index (χ4n) is 3.58. The van der Waals surface area contributed by atoms with Crippen molar-refractivity contribution in [3.63, 3.8) is 0 Å². The highest BCUT2D eigenvalue weighted by molar-refractivity contribution is 7.19. The Labute approximate surface area is 185 Å². The molecule has 31 heavy (non-hydrogen) atoms. The molecule has 0 radical (unpaired) electrons. The molecule has 2 heterocycles. The minimum atomic E-state index is -0.490. The highest BCUT2D eigenvalue weighted by atomic mass is 32.1. The van der Waals surface area contributed by atoms with Crippen molar-refractivity contribution in [1.29, 1.82) is 0 Å². The third kappa shape index (κ3) is 4.61. The topological polar surface area (TPSA) is 69.0 Å². The highest BCUT2D eigenvalue weighted by Gasteiger charge is 2.14. The van der Waals surface area contributed by atoms with Gasteiger partial charge in [-0.15, -0.1) is 0 Å². The number of thiazole rings is 1. The summed E-state index contributed by atoms with van der Waals surface area (Å²) in [5, 5.41) is 4.42. The highest BCUT2D eigenvalue weighted by Crippen LogP contribution is 2.33. The molecule has 2 aromatic carbocycles. The quantitative estimate of drug-likeness (QED) is 0.390. The zero-order valence-corrected chi connectivity index (χ0v) is 19.0. The maximum absolute atomic E-state index is 12.4. The molecule has 0 bridgehead atoms. The van der Waals surface area contributed by atoms with Crippen LogP contribution in [0.5, 0.6) is 0 Å². The van der Waals surface area contributed by atoms with E-state index in [0.717, 1.165) is 45.8 Å². The van der Waals surface area contributed by atoms with Crippen LogP contribution in [0.3, 0.4) is 0 Å². The van der Waals surface area contributed by atoms with Crippen molar-refractivity contribution in [3.8, 4) is 10.6 Å². The second-order valence-corrected chi connectivity index (χ2v) is 8.71. The summed E-state index contributed by atoms with van der Waals surface area (Å²) in [5.41, 5.74) is 7.14. The Bertz CT molecular complexity index is 1240. The van der Waals surface area contributed by atoms with Gasteiger partial charge in [-0.2, -0.15) is 0 Å². The molecule has 0 spiro atoms. The van der Waals surface area contributed by atoms with Gasteiger partial charge in [0.15, 0.2) is 0 Å². The number of nitrogens with zero attached hydrogens (tertiary/aromatic N) is 3. The number of rotatable bonds is 6. The van der Waals surface area contributed by atoms with Crippen molar-refractivity contribution >= 4 is 33.5 Å². The molecule has 6 nitrogen and oxygen atoms in total. The second kappa shape index (κ2) is 8.89. The smallest absolute Gasteiger partial charge is 0.412 e. The lowest BCUT2D eigenvalue weighted by molar-refractivity contribution is 0.155. The average Bonchev–Trinajstić information content (AvgIpc) is 3.30. The minimum Gasteiger partial charge on any atom is -0.444 e. The molecule has 0 aliphatic rings. The summed E-state index contributed by atoms with van der Waals surface area (Å²) in [6, 6.07) is 12.2. The first-order valence-corrected chi connectivity index (χ1v) is 11.2.